The molecule has 0 unspecified atom stereocenters. The normalized spacial score (nSPS) is 17.1. The molecule has 1 atom stereocenters. The zero-order valence-electron chi connectivity index (χ0n) is 21.0. The summed E-state index contributed by atoms with van der Waals surface area (Å²) >= 11 is 12.9. The van der Waals surface area contributed by atoms with E-state index in [-0.39, 0.29) is 12.0 Å². The maximum absolute atomic E-state index is 12.2. The topological polar surface area (TPSA) is 78.9 Å². The molecule has 1 fully saturated rings. The standard InChI is InChI=1S/C30H28Cl2N2O4/c1-38-29(35)20-7-11-24-19(15-20)3-2-4-26(25-12-8-21(31)16-27(25)32)28(24)18-5-9-22(10-6-18)33-23-13-14-34(17-23)30(36)37/h5-12,15-16,23,33H,2-4,13-14,17H2,1H3,(H,36,37)/t23-/m0/s1. The second-order valence-electron chi connectivity index (χ2n) is 9.63. The smallest absolute Gasteiger partial charge is 0.407 e. The van der Waals surface area contributed by atoms with Crippen LogP contribution in [0.1, 0.15) is 51.9 Å². The molecule has 1 amide bonds. The van der Waals surface area contributed by atoms with Crippen molar-refractivity contribution >= 4 is 52.1 Å². The zero-order chi connectivity index (χ0) is 26.8. The molecule has 0 bridgehead atoms. The van der Waals surface area contributed by atoms with Crippen molar-refractivity contribution in [2.75, 3.05) is 25.5 Å². The van der Waals surface area contributed by atoms with Crippen LogP contribution in [-0.4, -0.2) is 48.3 Å². The molecule has 2 N–H and O–H groups in total. The van der Waals surface area contributed by atoms with Gasteiger partial charge in [0.05, 0.1) is 12.7 Å². The number of likely N-dealkylation sites (tertiary alicyclic amines) is 1. The molecular formula is C30H28Cl2N2O4. The molecule has 1 aliphatic heterocycles. The largest absolute Gasteiger partial charge is 0.465 e. The summed E-state index contributed by atoms with van der Waals surface area (Å²) in [7, 11) is 1.39. The maximum Gasteiger partial charge on any atom is 0.407 e. The minimum atomic E-state index is -0.882. The number of carbonyl (C=O) groups excluding carboxylic acids is 1. The van der Waals surface area contributed by atoms with Crippen molar-refractivity contribution in [1.29, 1.82) is 0 Å². The molecular weight excluding hydrogens is 523 g/mol. The summed E-state index contributed by atoms with van der Waals surface area (Å²) in [5, 5.41) is 13.9. The van der Waals surface area contributed by atoms with Crippen LogP contribution >= 0.6 is 23.2 Å². The van der Waals surface area contributed by atoms with E-state index in [2.05, 4.69) is 17.4 Å². The van der Waals surface area contributed by atoms with Crippen LogP contribution in [0, 0.1) is 0 Å². The van der Waals surface area contributed by atoms with Crippen molar-refractivity contribution in [2.45, 2.75) is 31.7 Å². The monoisotopic (exact) mass is 550 g/mol. The Morgan fingerprint density at radius 2 is 1.76 bits per heavy atom. The van der Waals surface area contributed by atoms with Crippen LogP contribution in [0.3, 0.4) is 0 Å². The molecule has 3 aromatic rings. The lowest BCUT2D eigenvalue weighted by Gasteiger charge is -2.19. The molecule has 3 aromatic carbocycles. The van der Waals surface area contributed by atoms with Gasteiger partial charge in [-0.1, -0.05) is 47.5 Å². The summed E-state index contributed by atoms with van der Waals surface area (Å²) in [6.07, 6.45) is 2.42. The van der Waals surface area contributed by atoms with E-state index in [4.69, 9.17) is 27.9 Å². The predicted octanol–water partition coefficient (Wildman–Crippen LogP) is 7.24. The highest BCUT2D eigenvalue weighted by molar-refractivity contribution is 6.36. The number of nitrogens with zero attached hydrogens (tertiary/aromatic N) is 1. The number of carboxylic acid groups (broad SMARTS) is 1. The van der Waals surface area contributed by atoms with Gasteiger partial charge in [-0.05, 0) is 95.5 Å². The van der Waals surface area contributed by atoms with Crippen molar-refractivity contribution < 1.29 is 19.4 Å². The highest BCUT2D eigenvalue weighted by atomic mass is 35.5. The first-order chi connectivity index (χ1) is 18.3. The first-order valence-electron chi connectivity index (χ1n) is 12.6. The number of hydrogen-bond donors (Lipinski definition) is 2. The van der Waals surface area contributed by atoms with Gasteiger partial charge in [-0.15, -0.1) is 0 Å². The molecule has 196 valence electrons. The number of aryl methyl sites for hydroxylation is 1. The third kappa shape index (κ3) is 5.38. The van der Waals surface area contributed by atoms with Gasteiger partial charge in [0.25, 0.3) is 0 Å². The van der Waals surface area contributed by atoms with Crippen LogP contribution in [0.15, 0.2) is 60.7 Å². The van der Waals surface area contributed by atoms with Crippen LogP contribution in [-0.2, 0) is 11.2 Å². The molecule has 0 radical (unpaired) electrons. The summed E-state index contributed by atoms with van der Waals surface area (Å²) in [6.45, 7) is 1.00. The molecule has 1 saturated heterocycles. The molecule has 0 spiro atoms. The first kappa shape index (κ1) is 26.1. The second kappa shape index (κ2) is 11.1. The predicted molar refractivity (Wildman–Crippen MR) is 151 cm³/mol. The van der Waals surface area contributed by atoms with E-state index in [1.165, 1.54) is 12.0 Å². The number of methoxy groups -OCH3 is 1. The molecule has 1 aliphatic carbocycles. The van der Waals surface area contributed by atoms with E-state index >= 15 is 0 Å². The quantitative estimate of drug-likeness (QED) is 0.327. The summed E-state index contributed by atoms with van der Waals surface area (Å²) in [6, 6.07) is 19.6. The summed E-state index contributed by atoms with van der Waals surface area (Å²) in [5.41, 5.74) is 7.79. The molecule has 0 aromatic heterocycles. The number of esters is 1. The first-order valence-corrected chi connectivity index (χ1v) is 13.3. The lowest BCUT2D eigenvalue weighted by molar-refractivity contribution is 0.0600. The van der Waals surface area contributed by atoms with Crippen LogP contribution in [0.5, 0.6) is 0 Å². The fourth-order valence-electron chi connectivity index (χ4n) is 5.39. The zero-order valence-corrected chi connectivity index (χ0v) is 22.5. The number of benzene rings is 3. The van der Waals surface area contributed by atoms with Gasteiger partial charge in [0.1, 0.15) is 0 Å². The van der Waals surface area contributed by atoms with Gasteiger partial charge in [0.2, 0.25) is 0 Å². The lowest BCUT2D eigenvalue weighted by Crippen LogP contribution is -2.30. The number of anilines is 1. The van der Waals surface area contributed by atoms with Gasteiger partial charge in [-0.2, -0.15) is 0 Å². The summed E-state index contributed by atoms with van der Waals surface area (Å²) in [5.74, 6) is -0.354. The number of ether oxygens (including phenoxy) is 1. The molecule has 5 rings (SSSR count). The Morgan fingerprint density at radius 3 is 2.45 bits per heavy atom. The average Bonchev–Trinajstić information content (AvgIpc) is 3.30. The third-order valence-electron chi connectivity index (χ3n) is 7.23. The maximum atomic E-state index is 12.2. The minimum Gasteiger partial charge on any atom is -0.465 e. The molecule has 1 heterocycles. The van der Waals surface area contributed by atoms with E-state index in [0.717, 1.165) is 64.8 Å². The van der Waals surface area contributed by atoms with Crippen LogP contribution in [0.25, 0.3) is 11.1 Å². The number of carbonyl (C=O) groups is 2. The van der Waals surface area contributed by atoms with E-state index in [0.29, 0.717) is 28.7 Å². The molecule has 0 saturated carbocycles. The van der Waals surface area contributed by atoms with Crippen molar-refractivity contribution in [1.82, 2.24) is 4.90 Å². The molecule has 6 nitrogen and oxygen atoms in total. The Kier molecular flexibility index (Phi) is 7.63. The average molecular weight is 551 g/mol. The van der Waals surface area contributed by atoms with E-state index in [1.807, 2.05) is 36.4 Å². The minimum absolute atomic E-state index is 0.0787. The summed E-state index contributed by atoms with van der Waals surface area (Å²) < 4.78 is 4.95. The number of hydrogen-bond acceptors (Lipinski definition) is 4. The number of fused-ring (bicyclic) bond motifs is 1. The fraction of sp³-hybridized carbons (Fsp3) is 0.267. The Morgan fingerprint density at radius 1 is 1.00 bits per heavy atom. The van der Waals surface area contributed by atoms with E-state index in [9.17, 15) is 14.7 Å². The Hall–Kier alpha value is -3.48. The fourth-order valence-corrected chi connectivity index (χ4v) is 5.91. The van der Waals surface area contributed by atoms with Gasteiger partial charge in [-0.3, -0.25) is 0 Å². The Bertz CT molecular complexity index is 1420. The van der Waals surface area contributed by atoms with E-state index in [1.54, 1.807) is 12.1 Å². The van der Waals surface area contributed by atoms with Gasteiger partial charge in [0, 0.05) is 34.9 Å². The molecule has 38 heavy (non-hydrogen) atoms. The Balaban J connectivity index is 1.56. The van der Waals surface area contributed by atoms with Crippen molar-refractivity contribution in [2.24, 2.45) is 0 Å². The van der Waals surface area contributed by atoms with Gasteiger partial charge in [-0.25, -0.2) is 9.59 Å². The number of allylic oxidation sites excluding steroid dienone is 1. The molecule has 2 aliphatic rings. The van der Waals surface area contributed by atoms with Crippen LogP contribution < -0.4 is 5.32 Å². The highest BCUT2D eigenvalue weighted by Crippen LogP contribution is 2.42. The number of nitrogens with one attached hydrogen (secondary N) is 1. The third-order valence-corrected chi connectivity index (χ3v) is 7.78. The Labute approximate surface area is 231 Å². The molecule has 8 heteroatoms. The van der Waals surface area contributed by atoms with Crippen molar-refractivity contribution in [3.63, 3.8) is 0 Å². The highest BCUT2D eigenvalue weighted by Gasteiger charge is 2.26. The SMILES string of the molecule is COC(=O)c1ccc2c(c1)CCCC(c1ccc(Cl)cc1Cl)=C2c1ccc(N[C@H]2CCN(C(=O)O)C2)cc1. The number of halogens is 2. The van der Waals surface area contributed by atoms with Gasteiger partial charge >= 0.3 is 12.1 Å². The van der Waals surface area contributed by atoms with Crippen molar-refractivity contribution in [3.8, 4) is 0 Å². The van der Waals surface area contributed by atoms with Crippen LogP contribution in [0.4, 0.5) is 10.5 Å². The van der Waals surface area contributed by atoms with Gasteiger partial charge in [0.15, 0.2) is 0 Å². The lowest BCUT2D eigenvalue weighted by atomic mass is 9.87. The second-order valence-corrected chi connectivity index (χ2v) is 10.5. The van der Waals surface area contributed by atoms with E-state index < -0.39 is 6.09 Å². The van der Waals surface area contributed by atoms with Crippen molar-refractivity contribution in [3.05, 3.63) is 98.5 Å². The number of rotatable bonds is 5. The van der Waals surface area contributed by atoms with Crippen LogP contribution in [0.2, 0.25) is 10.0 Å². The summed E-state index contributed by atoms with van der Waals surface area (Å²) in [4.78, 5) is 24.9. The van der Waals surface area contributed by atoms with Gasteiger partial charge < -0.3 is 20.1 Å². The number of amides is 1.